The molecule has 0 aliphatic carbocycles. The zero-order valence-corrected chi connectivity index (χ0v) is 21.2. The fraction of sp³-hybridized carbons (Fsp3) is 0.152. The van der Waals surface area contributed by atoms with Gasteiger partial charge < -0.3 is 5.11 Å². The minimum Gasteiger partial charge on any atom is -0.507 e. The molecule has 4 rings (SSSR count). The Morgan fingerprint density at radius 2 is 1.68 bits per heavy atom. The largest absolute Gasteiger partial charge is 0.507 e. The number of ketones is 1. The number of nitrogens with zero attached hydrogens (tertiary/aromatic N) is 1. The molecule has 2 radical (unpaired) electrons. The Hall–Kier alpha value is -4.18. The molecule has 182 valence electrons. The number of unbranched alkanes of at least 4 members (excludes halogenated alkanes) is 1. The highest BCUT2D eigenvalue weighted by molar-refractivity contribution is 6.40. The number of pyridine rings is 1. The van der Waals surface area contributed by atoms with Gasteiger partial charge in [-0.15, -0.1) is 0 Å². The van der Waals surface area contributed by atoms with Gasteiger partial charge in [0, 0.05) is 22.8 Å². The van der Waals surface area contributed by atoms with E-state index < -0.39 is 0 Å². The SMILES string of the molecule is [B]/C(C=C)=c1\nc(-c2ccccc2O)cc(C(=C)CCCCC(=O)c2ccc3ccccc3c2)\c1=C\C. The summed E-state index contributed by atoms with van der Waals surface area (Å²) in [5.74, 6) is 0.301. The van der Waals surface area contributed by atoms with E-state index in [1.54, 1.807) is 18.2 Å². The number of phenols is 1. The monoisotopic (exact) mass is 483 g/mol. The molecule has 0 spiro atoms. The maximum atomic E-state index is 12.8. The number of carbonyl (C=O) groups is 1. The fourth-order valence-corrected chi connectivity index (χ4v) is 4.55. The molecule has 0 saturated carbocycles. The number of aromatic nitrogens is 1. The molecule has 1 N–H and O–H groups in total. The molecule has 3 nitrogen and oxygen atoms in total. The van der Waals surface area contributed by atoms with Crippen molar-refractivity contribution in [3.8, 4) is 17.0 Å². The molecule has 0 atom stereocenters. The number of carbonyl (C=O) groups excluding carboxylic acids is 1. The first-order chi connectivity index (χ1) is 17.9. The predicted octanol–water partition coefficient (Wildman–Crippen LogP) is 6.33. The molecule has 0 aliphatic heterocycles. The third-order valence-corrected chi connectivity index (χ3v) is 6.61. The Morgan fingerprint density at radius 3 is 2.41 bits per heavy atom. The van der Waals surface area contributed by atoms with Crippen molar-refractivity contribution < 1.29 is 9.90 Å². The first kappa shape index (κ1) is 25.9. The van der Waals surface area contributed by atoms with Gasteiger partial charge in [0.05, 0.1) is 11.0 Å². The van der Waals surface area contributed by atoms with Crippen molar-refractivity contribution in [3.63, 3.8) is 0 Å². The Labute approximate surface area is 219 Å². The molecule has 1 heterocycles. The summed E-state index contributed by atoms with van der Waals surface area (Å²) in [5, 5.41) is 14.1. The molecule has 0 saturated heterocycles. The Kier molecular flexibility index (Phi) is 8.20. The van der Waals surface area contributed by atoms with Crippen molar-refractivity contribution in [2.75, 3.05) is 0 Å². The first-order valence-corrected chi connectivity index (χ1v) is 12.5. The standard InChI is InChI=1S/C33H30BNO2/c1-4-26-28(21-30(35-33(26)29(34)5-2)27-15-9-11-17-32(27)37)22(3)12-6-10-16-31(36)25-19-18-23-13-7-8-14-24(23)20-25/h4-5,7-9,11,13-15,17-21,37H,2-3,6,10,12,16H2,1H3/b26-4-,33-29-. The van der Waals surface area contributed by atoms with E-state index in [4.69, 9.17) is 12.8 Å². The van der Waals surface area contributed by atoms with E-state index in [0.717, 1.165) is 52.0 Å². The molecule has 0 unspecified atom stereocenters. The highest BCUT2D eigenvalue weighted by atomic mass is 16.3. The summed E-state index contributed by atoms with van der Waals surface area (Å²) < 4.78 is 0. The van der Waals surface area contributed by atoms with Crippen LogP contribution in [0.1, 0.15) is 48.5 Å². The van der Waals surface area contributed by atoms with Gasteiger partial charge >= 0.3 is 0 Å². The third kappa shape index (κ3) is 5.81. The smallest absolute Gasteiger partial charge is 0.162 e. The second-order valence-electron chi connectivity index (χ2n) is 9.08. The van der Waals surface area contributed by atoms with Gasteiger partial charge in [-0.2, -0.15) is 0 Å². The van der Waals surface area contributed by atoms with Crippen LogP contribution in [0.25, 0.3) is 39.2 Å². The molecule has 3 aromatic carbocycles. The van der Waals surface area contributed by atoms with Crippen LogP contribution in [0.5, 0.6) is 5.75 Å². The second kappa shape index (κ2) is 11.7. The van der Waals surface area contributed by atoms with E-state index in [1.165, 1.54) is 0 Å². The van der Waals surface area contributed by atoms with Crippen LogP contribution in [-0.4, -0.2) is 23.7 Å². The number of aromatic hydroxyl groups is 1. The van der Waals surface area contributed by atoms with Crippen molar-refractivity contribution in [3.05, 3.63) is 114 Å². The highest BCUT2D eigenvalue weighted by Gasteiger charge is 2.12. The maximum absolute atomic E-state index is 12.8. The van der Waals surface area contributed by atoms with Crippen LogP contribution in [0.2, 0.25) is 0 Å². The van der Waals surface area contributed by atoms with E-state index in [9.17, 15) is 9.90 Å². The lowest BCUT2D eigenvalue weighted by Crippen LogP contribution is -2.34. The van der Waals surface area contributed by atoms with Gasteiger partial charge in [0.2, 0.25) is 0 Å². The summed E-state index contributed by atoms with van der Waals surface area (Å²) in [6.07, 6.45) is 6.35. The predicted molar refractivity (Wildman–Crippen MR) is 156 cm³/mol. The number of hydrogen-bond acceptors (Lipinski definition) is 3. The van der Waals surface area contributed by atoms with Crippen LogP contribution in [0.3, 0.4) is 0 Å². The van der Waals surface area contributed by atoms with Crippen LogP contribution >= 0.6 is 0 Å². The van der Waals surface area contributed by atoms with Crippen LogP contribution in [0, 0.1) is 0 Å². The molecule has 4 aromatic rings. The topological polar surface area (TPSA) is 50.2 Å². The number of phenolic OH excluding ortho intramolecular Hbond substituents is 1. The highest BCUT2D eigenvalue weighted by Crippen LogP contribution is 2.28. The third-order valence-electron chi connectivity index (χ3n) is 6.61. The Morgan fingerprint density at radius 1 is 0.973 bits per heavy atom. The number of hydrogen-bond donors (Lipinski definition) is 1. The van der Waals surface area contributed by atoms with Crippen molar-refractivity contribution in [1.82, 2.24) is 4.98 Å². The molecular weight excluding hydrogens is 453 g/mol. The molecule has 0 fully saturated rings. The zero-order chi connectivity index (χ0) is 26.4. The molecule has 4 heteroatoms. The average molecular weight is 483 g/mol. The lowest BCUT2D eigenvalue weighted by atomic mass is 9.91. The first-order valence-electron chi connectivity index (χ1n) is 12.5. The van der Waals surface area contributed by atoms with Gasteiger partial charge in [-0.05, 0) is 72.4 Å². The zero-order valence-electron chi connectivity index (χ0n) is 21.2. The van der Waals surface area contributed by atoms with Crippen molar-refractivity contribution >= 4 is 41.5 Å². The maximum Gasteiger partial charge on any atom is 0.162 e. The lowest BCUT2D eigenvalue weighted by molar-refractivity contribution is 0.0979. The second-order valence-corrected chi connectivity index (χ2v) is 9.08. The summed E-state index contributed by atoms with van der Waals surface area (Å²) in [7, 11) is 6.26. The quantitative estimate of drug-likeness (QED) is 0.172. The number of fused-ring (bicyclic) bond motifs is 1. The van der Waals surface area contributed by atoms with Gasteiger partial charge in [0.25, 0.3) is 0 Å². The lowest BCUT2D eigenvalue weighted by Gasteiger charge is -2.12. The molecule has 0 bridgehead atoms. The van der Waals surface area contributed by atoms with Crippen molar-refractivity contribution in [1.29, 1.82) is 0 Å². The van der Waals surface area contributed by atoms with Crippen LogP contribution in [-0.2, 0) is 0 Å². The molecular formula is C33H30BNO2. The van der Waals surface area contributed by atoms with Crippen molar-refractivity contribution in [2.45, 2.75) is 32.6 Å². The Balaban J connectivity index is 1.53. The number of rotatable bonds is 9. The number of allylic oxidation sites excluding steroid dienone is 2. The average Bonchev–Trinajstić information content (AvgIpc) is 2.93. The fourth-order valence-electron chi connectivity index (χ4n) is 4.55. The minimum absolute atomic E-state index is 0.148. The molecule has 37 heavy (non-hydrogen) atoms. The van der Waals surface area contributed by atoms with Crippen LogP contribution in [0.4, 0.5) is 0 Å². The van der Waals surface area contributed by atoms with Crippen LogP contribution < -0.4 is 10.6 Å². The summed E-state index contributed by atoms with van der Waals surface area (Å²) >= 11 is 0. The van der Waals surface area contributed by atoms with E-state index in [2.05, 4.69) is 13.2 Å². The Bertz CT molecular complexity index is 1620. The summed E-state index contributed by atoms with van der Waals surface area (Å²) in [4.78, 5) is 17.6. The van der Waals surface area contributed by atoms with E-state index in [-0.39, 0.29) is 11.5 Å². The van der Waals surface area contributed by atoms with Crippen molar-refractivity contribution in [2.24, 2.45) is 0 Å². The molecule has 1 aromatic heterocycles. The van der Waals surface area contributed by atoms with Gasteiger partial charge in [-0.25, -0.2) is 4.98 Å². The summed E-state index contributed by atoms with van der Waals surface area (Å²) in [5.41, 5.74) is 4.31. The van der Waals surface area contributed by atoms with E-state index in [0.29, 0.717) is 28.5 Å². The molecule has 0 aliphatic rings. The minimum atomic E-state index is 0.148. The summed E-state index contributed by atoms with van der Waals surface area (Å²) in [6, 6.07) is 23.0. The van der Waals surface area contributed by atoms with E-state index in [1.807, 2.05) is 73.7 Å². The number of benzene rings is 3. The number of para-hydroxylation sites is 1. The number of Topliss-reactive ketones (excluding diaryl/α,β-unsaturated/α-hetero) is 1. The van der Waals surface area contributed by atoms with Gasteiger partial charge in [-0.1, -0.05) is 79.3 Å². The van der Waals surface area contributed by atoms with Gasteiger partial charge in [0.15, 0.2) is 5.78 Å². The summed E-state index contributed by atoms with van der Waals surface area (Å²) in [6.45, 7) is 10.1. The van der Waals surface area contributed by atoms with Crippen LogP contribution in [0.15, 0.2) is 92.0 Å². The normalized spacial score (nSPS) is 12.4. The molecule has 0 amide bonds. The van der Waals surface area contributed by atoms with E-state index >= 15 is 0 Å². The van der Waals surface area contributed by atoms with Gasteiger partial charge in [0.1, 0.15) is 13.6 Å². The van der Waals surface area contributed by atoms with Gasteiger partial charge in [-0.3, -0.25) is 4.79 Å².